The summed E-state index contributed by atoms with van der Waals surface area (Å²) in [5.74, 6) is -0.489. The second kappa shape index (κ2) is 3.86. The van der Waals surface area contributed by atoms with Crippen molar-refractivity contribution in [2.75, 3.05) is 0 Å². The zero-order chi connectivity index (χ0) is 11.9. The van der Waals surface area contributed by atoms with Gasteiger partial charge in [-0.15, -0.1) is 0 Å². The molecule has 0 atom stereocenters. The molecule has 0 unspecified atom stereocenters. The zero-order valence-corrected chi connectivity index (χ0v) is 9.88. The van der Waals surface area contributed by atoms with Crippen molar-refractivity contribution in [3.8, 4) is 0 Å². The monoisotopic (exact) mass is 344 g/mol. The third-order valence-electron chi connectivity index (χ3n) is 2.00. The van der Waals surface area contributed by atoms with Crippen LogP contribution in [0.3, 0.4) is 0 Å². The van der Waals surface area contributed by atoms with E-state index in [2.05, 4.69) is 5.10 Å². The van der Waals surface area contributed by atoms with Gasteiger partial charge < -0.3 is 0 Å². The Kier molecular flexibility index (Phi) is 2.81. The molecule has 86 valence electrons. The quantitative estimate of drug-likeness (QED) is 0.573. The number of alkyl halides is 3. The Hall–Kier alpha value is -0.860. The van der Waals surface area contributed by atoms with Crippen LogP contribution in [0.2, 0.25) is 0 Å². The molecule has 0 bridgehead atoms. The molecule has 0 saturated carbocycles. The van der Waals surface area contributed by atoms with Gasteiger partial charge in [0.15, 0.2) is 0 Å². The molecule has 0 amide bonds. The van der Waals surface area contributed by atoms with E-state index < -0.39 is 18.5 Å². The molecule has 2 aromatic rings. The Morgan fingerprint density at radius 2 is 2.00 bits per heavy atom. The second-order valence-electron chi connectivity index (χ2n) is 3.23. The Labute approximate surface area is 101 Å². The molecule has 16 heavy (non-hydrogen) atoms. The molecule has 7 heteroatoms. The van der Waals surface area contributed by atoms with E-state index in [1.165, 1.54) is 12.1 Å². The van der Waals surface area contributed by atoms with Gasteiger partial charge in [0.2, 0.25) is 0 Å². The first-order valence-corrected chi connectivity index (χ1v) is 5.33. The lowest BCUT2D eigenvalue weighted by molar-refractivity contribution is -0.141. The van der Waals surface area contributed by atoms with Crippen LogP contribution in [0.1, 0.15) is 0 Å². The average molecular weight is 344 g/mol. The summed E-state index contributed by atoms with van der Waals surface area (Å²) >= 11 is 1.78. The van der Waals surface area contributed by atoms with Crippen molar-refractivity contribution in [2.24, 2.45) is 0 Å². The van der Waals surface area contributed by atoms with Gasteiger partial charge in [0.1, 0.15) is 16.1 Å². The molecule has 2 rings (SSSR count). The molecule has 1 heterocycles. The van der Waals surface area contributed by atoms with Gasteiger partial charge in [-0.05, 0) is 40.8 Å². The summed E-state index contributed by atoms with van der Waals surface area (Å²) in [6.45, 7) is -1.17. The van der Waals surface area contributed by atoms with E-state index in [0.29, 0.717) is 9.09 Å². The molecule has 0 aliphatic carbocycles. The number of rotatable bonds is 1. The summed E-state index contributed by atoms with van der Waals surface area (Å²) in [5.41, 5.74) is 0.281. The highest BCUT2D eigenvalue weighted by Crippen LogP contribution is 2.25. The van der Waals surface area contributed by atoms with Gasteiger partial charge in [-0.3, -0.25) is 4.68 Å². The fraction of sp³-hybridized carbons (Fsp3) is 0.222. The smallest absolute Gasteiger partial charge is 0.255 e. The average Bonchev–Trinajstić information content (AvgIpc) is 2.40. The number of hydrogen-bond donors (Lipinski definition) is 0. The highest BCUT2D eigenvalue weighted by molar-refractivity contribution is 14.1. The zero-order valence-electron chi connectivity index (χ0n) is 7.72. The molecule has 2 nitrogen and oxygen atoms in total. The van der Waals surface area contributed by atoms with Crippen LogP contribution in [0, 0.1) is 9.52 Å². The maximum atomic E-state index is 12.9. The first-order chi connectivity index (χ1) is 7.37. The maximum absolute atomic E-state index is 12.9. The predicted octanol–water partition coefficient (Wildman–Crippen LogP) is 3.34. The third-order valence-corrected chi connectivity index (χ3v) is 2.79. The van der Waals surface area contributed by atoms with E-state index in [1.807, 2.05) is 0 Å². The number of nitrogens with zero attached hydrogens (tertiary/aromatic N) is 2. The SMILES string of the molecule is Fc1ccc2c(c1)c(I)nn2CC(F)(F)F. The standard InChI is InChI=1S/C9H5F4IN2/c10-5-1-2-7-6(3-5)8(14)15-16(7)4-9(11,12)13/h1-3H,4H2. The summed E-state index contributed by atoms with van der Waals surface area (Å²) in [4.78, 5) is 0. The minimum Gasteiger partial charge on any atom is -0.255 e. The van der Waals surface area contributed by atoms with Crippen LogP contribution in [0.25, 0.3) is 10.9 Å². The van der Waals surface area contributed by atoms with Gasteiger partial charge in [-0.2, -0.15) is 18.3 Å². The van der Waals surface area contributed by atoms with Crippen LogP contribution < -0.4 is 0 Å². The lowest BCUT2D eigenvalue weighted by Crippen LogP contribution is -2.18. The van der Waals surface area contributed by atoms with E-state index in [1.54, 1.807) is 22.6 Å². The maximum Gasteiger partial charge on any atom is 0.408 e. The highest BCUT2D eigenvalue weighted by atomic mass is 127. The van der Waals surface area contributed by atoms with E-state index >= 15 is 0 Å². The summed E-state index contributed by atoms with van der Waals surface area (Å²) < 4.78 is 50.8. The lowest BCUT2D eigenvalue weighted by Gasteiger charge is -2.06. The van der Waals surface area contributed by atoms with Gasteiger partial charge in [0.05, 0.1) is 5.52 Å². The summed E-state index contributed by atoms with van der Waals surface area (Å²) in [5, 5.41) is 4.13. The number of benzene rings is 1. The Morgan fingerprint density at radius 1 is 1.31 bits per heavy atom. The number of aromatic nitrogens is 2. The molecule has 1 aromatic heterocycles. The Balaban J connectivity index is 2.55. The largest absolute Gasteiger partial charge is 0.408 e. The van der Waals surface area contributed by atoms with Crippen molar-refractivity contribution in [1.29, 1.82) is 0 Å². The second-order valence-corrected chi connectivity index (χ2v) is 4.25. The topological polar surface area (TPSA) is 17.8 Å². The normalized spacial score (nSPS) is 12.3. The fourth-order valence-electron chi connectivity index (χ4n) is 1.40. The van der Waals surface area contributed by atoms with Gasteiger partial charge in [0.25, 0.3) is 0 Å². The highest BCUT2D eigenvalue weighted by Gasteiger charge is 2.29. The molecule has 0 radical (unpaired) electrons. The summed E-state index contributed by atoms with van der Waals surface area (Å²) in [6, 6.07) is 3.59. The van der Waals surface area contributed by atoms with Crippen molar-refractivity contribution in [1.82, 2.24) is 9.78 Å². The molecule has 0 fully saturated rings. The van der Waals surface area contributed by atoms with Crippen LogP contribution in [0.5, 0.6) is 0 Å². The molecule has 0 spiro atoms. The minimum atomic E-state index is -4.34. The van der Waals surface area contributed by atoms with E-state index in [4.69, 9.17) is 0 Å². The van der Waals surface area contributed by atoms with Gasteiger partial charge in [-0.25, -0.2) is 4.39 Å². The molecule has 1 aromatic carbocycles. The lowest BCUT2D eigenvalue weighted by atomic mass is 10.2. The Morgan fingerprint density at radius 3 is 2.62 bits per heavy atom. The molecule has 0 saturated heterocycles. The van der Waals surface area contributed by atoms with Gasteiger partial charge in [0, 0.05) is 5.39 Å². The first-order valence-electron chi connectivity index (χ1n) is 4.25. The summed E-state index contributed by atoms with van der Waals surface area (Å²) in [7, 11) is 0. The van der Waals surface area contributed by atoms with Crippen molar-refractivity contribution in [2.45, 2.75) is 12.7 Å². The van der Waals surface area contributed by atoms with Crippen LogP contribution in [-0.4, -0.2) is 16.0 Å². The predicted molar refractivity (Wildman–Crippen MR) is 58.5 cm³/mol. The van der Waals surface area contributed by atoms with Gasteiger partial charge in [-0.1, -0.05) is 0 Å². The summed E-state index contributed by atoms with van der Waals surface area (Å²) in [6.07, 6.45) is -4.34. The number of hydrogen-bond acceptors (Lipinski definition) is 1. The van der Waals surface area contributed by atoms with Crippen molar-refractivity contribution in [3.63, 3.8) is 0 Å². The molecular formula is C9H5F4IN2. The molecule has 0 aliphatic heterocycles. The van der Waals surface area contributed by atoms with Gasteiger partial charge >= 0.3 is 6.18 Å². The van der Waals surface area contributed by atoms with Crippen LogP contribution >= 0.6 is 22.6 Å². The van der Waals surface area contributed by atoms with Crippen LogP contribution in [-0.2, 0) is 6.54 Å². The first kappa shape index (κ1) is 11.6. The van der Waals surface area contributed by atoms with E-state index in [0.717, 1.165) is 10.7 Å². The fourth-order valence-corrected chi connectivity index (χ4v) is 2.10. The molecular weight excluding hydrogens is 339 g/mol. The van der Waals surface area contributed by atoms with Crippen LogP contribution in [0.4, 0.5) is 17.6 Å². The van der Waals surface area contributed by atoms with Crippen molar-refractivity contribution >= 4 is 33.5 Å². The van der Waals surface area contributed by atoms with Crippen molar-refractivity contribution < 1.29 is 17.6 Å². The van der Waals surface area contributed by atoms with Crippen LogP contribution in [0.15, 0.2) is 18.2 Å². The number of halogens is 5. The Bertz CT molecular complexity index is 532. The third kappa shape index (κ3) is 2.28. The minimum absolute atomic E-state index is 0.281. The molecule has 0 N–H and O–H groups in total. The van der Waals surface area contributed by atoms with E-state index in [-0.39, 0.29) is 5.52 Å². The van der Waals surface area contributed by atoms with Crippen molar-refractivity contribution in [3.05, 3.63) is 27.7 Å². The number of fused-ring (bicyclic) bond motifs is 1. The van der Waals surface area contributed by atoms with E-state index in [9.17, 15) is 17.6 Å². The molecule has 0 aliphatic rings.